The Bertz CT molecular complexity index is 1260. The van der Waals surface area contributed by atoms with Crippen molar-refractivity contribution in [2.24, 2.45) is 5.73 Å². The summed E-state index contributed by atoms with van der Waals surface area (Å²) in [4.78, 5) is 17.7. The molecule has 0 saturated heterocycles. The number of thioether (sulfide) groups is 1. The van der Waals surface area contributed by atoms with E-state index in [1.54, 1.807) is 37.3 Å². The number of nitriles is 2. The zero-order chi connectivity index (χ0) is 24.8. The van der Waals surface area contributed by atoms with Gasteiger partial charge in [0.15, 0.2) is 0 Å². The number of halogens is 1. The third kappa shape index (κ3) is 5.20. The van der Waals surface area contributed by atoms with Gasteiger partial charge in [-0.05, 0) is 49.6 Å². The fourth-order valence-electron chi connectivity index (χ4n) is 3.66. The molecule has 1 aliphatic rings. The lowest BCUT2D eigenvalue weighted by Gasteiger charge is -2.28. The van der Waals surface area contributed by atoms with Crippen LogP contribution in [0.1, 0.15) is 42.1 Å². The number of aryl methyl sites for hydroxylation is 2. The molecule has 2 N–H and O–H groups in total. The summed E-state index contributed by atoms with van der Waals surface area (Å²) in [5.41, 5.74) is 9.32. The zero-order valence-electron chi connectivity index (χ0n) is 19.0. The minimum absolute atomic E-state index is 0.0854. The van der Waals surface area contributed by atoms with Crippen molar-refractivity contribution in [2.75, 3.05) is 12.4 Å². The summed E-state index contributed by atoms with van der Waals surface area (Å²) in [5.74, 6) is -1.06. The van der Waals surface area contributed by atoms with Crippen molar-refractivity contribution in [3.63, 3.8) is 0 Å². The van der Waals surface area contributed by atoms with Crippen LogP contribution in [-0.4, -0.2) is 23.3 Å². The van der Waals surface area contributed by atoms with Gasteiger partial charge in [-0.2, -0.15) is 10.5 Å². The van der Waals surface area contributed by atoms with Crippen LogP contribution in [0, 0.1) is 29.6 Å². The van der Waals surface area contributed by atoms with Gasteiger partial charge in [-0.25, -0.2) is 9.78 Å². The van der Waals surface area contributed by atoms with Gasteiger partial charge in [0, 0.05) is 10.7 Å². The highest BCUT2D eigenvalue weighted by Gasteiger charge is 2.37. The second-order valence-electron chi connectivity index (χ2n) is 7.39. The number of carbonyl (C=O) groups excluding carboxylic acids is 1. The number of hydrogen-bond donors (Lipinski definition) is 1. The Morgan fingerprint density at radius 1 is 1.26 bits per heavy atom. The van der Waals surface area contributed by atoms with Crippen molar-refractivity contribution >= 4 is 29.3 Å². The summed E-state index contributed by atoms with van der Waals surface area (Å²) in [6.45, 7) is 5.76. The summed E-state index contributed by atoms with van der Waals surface area (Å²) >= 11 is 7.30. The average molecular weight is 495 g/mol. The summed E-state index contributed by atoms with van der Waals surface area (Å²) < 4.78 is 11.1. The number of nitrogens with two attached hydrogens (primary N) is 1. The summed E-state index contributed by atoms with van der Waals surface area (Å²) in [6.07, 6.45) is 0.720. The predicted octanol–water partition coefficient (Wildman–Crippen LogP) is 4.89. The largest absolute Gasteiger partial charge is 0.463 e. The molecule has 7 nitrogen and oxygen atoms in total. The van der Waals surface area contributed by atoms with Gasteiger partial charge in [0.25, 0.3) is 0 Å². The van der Waals surface area contributed by atoms with Gasteiger partial charge in [-0.3, -0.25) is 0 Å². The smallest absolute Gasteiger partial charge is 0.338 e. The van der Waals surface area contributed by atoms with Crippen LogP contribution in [0.5, 0.6) is 0 Å². The SMILES string of the molecule is CCOC(=O)C1=C(CSc2nc(CC)c(C)cc2C#N)OC(N)=C(C#N)[C@H]1c1ccc(Cl)cc1. The lowest BCUT2D eigenvalue weighted by molar-refractivity contribution is -0.139. The summed E-state index contributed by atoms with van der Waals surface area (Å²) in [7, 11) is 0. The molecule has 1 aromatic heterocycles. The van der Waals surface area contributed by atoms with Crippen molar-refractivity contribution in [2.45, 2.75) is 38.1 Å². The van der Waals surface area contributed by atoms with E-state index >= 15 is 0 Å². The van der Waals surface area contributed by atoms with Crippen LogP contribution >= 0.6 is 23.4 Å². The van der Waals surface area contributed by atoms with Crippen molar-refractivity contribution in [3.05, 3.63) is 80.5 Å². The molecule has 2 aromatic rings. The van der Waals surface area contributed by atoms with E-state index < -0.39 is 11.9 Å². The third-order valence-corrected chi connectivity index (χ3v) is 6.52. The second-order valence-corrected chi connectivity index (χ2v) is 8.79. The molecule has 2 heterocycles. The van der Waals surface area contributed by atoms with E-state index in [0.29, 0.717) is 21.2 Å². The highest BCUT2D eigenvalue weighted by Crippen LogP contribution is 2.41. The number of rotatable bonds is 7. The molecule has 0 amide bonds. The van der Waals surface area contributed by atoms with Crippen molar-refractivity contribution in [1.82, 2.24) is 4.98 Å². The average Bonchev–Trinajstić information content (AvgIpc) is 2.83. The highest BCUT2D eigenvalue weighted by atomic mass is 35.5. The Kier molecular flexibility index (Phi) is 8.22. The lowest BCUT2D eigenvalue weighted by Crippen LogP contribution is -2.27. The molecule has 1 aromatic carbocycles. The van der Waals surface area contributed by atoms with Crippen molar-refractivity contribution in [1.29, 1.82) is 10.5 Å². The van der Waals surface area contributed by atoms with Crippen molar-refractivity contribution < 1.29 is 14.3 Å². The first-order chi connectivity index (χ1) is 16.3. The standard InChI is InChI=1S/C25H23ClN4O3S/c1-4-19-14(3)10-16(11-27)24(30-19)34-13-20-22(25(31)32-5-2)21(18(12-28)23(29)33-20)15-6-8-17(26)9-7-15/h6-10,21H,4-5,13,29H2,1-3H3/t21-/m1/s1. The molecule has 34 heavy (non-hydrogen) atoms. The van der Waals surface area contributed by atoms with Gasteiger partial charge in [-0.1, -0.05) is 42.4 Å². The maximum absolute atomic E-state index is 13.1. The first kappa shape index (κ1) is 25.2. The van der Waals surface area contributed by atoms with E-state index in [1.165, 1.54) is 11.8 Å². The quantitative estimate of drug-likeness (QED) is 0.426. The van der Waals surface area contributed by atoms with E-state index in [2.05, 4.69) is 17.1 Å². The Hall–Kier alpha value is -3.46. The van der Waals surface area contributed by atoms with E-state index in [4.69, 9.17) is 26.8 Å². The Labute approximate surface area is 207 Å². The molecule has 174 valence electrons. The van der Waals surface area contributed by atoms with Gasteiger partial charge < -0.3 is 15.2 Å². The van der Waals surface area contributed by atoms with E-state index in [1.807, 2.05) is 13.8 Å². The van der Waals surface area contributed by atoms with Gasteiger partial charge in [0.05, 0.1) is 29.4 Å². The molecule has 0 spiro atoms. The van der Waals surface area contributed by atoms with Crippen LogP contribution in [0.2, 0.25) is 5.02 Å². The summed E-state index contributed by atoms with van der Waals surface area (Å²) in [5, 5.41) is 20.4. The predicted molar refractivity (Wildman–Crippen MR) is 130 cm³/mol. The Balaban J connectivity index is 2.10. The maximum atomic E-state index is 13.1. The van der Waals surface area contributed by atoms with E-state index in [-0.39, 0.29) is 35.1 Å². The number of hydrogen-bond acceptors (Lipinski definition) is 8. The fourth-order valence-corrected chi connectivity index (χ4v) is 4.70. The molecule has 0 unspecified atom stereocenters. The molecule has 0 saturated carbocycles. The van der Waals surface area contributed by atoms with Crippen molar-refractivity contribution in [3.8, 4) is 12.1 Å². The number of aromatic nitrogens is 1. The van der Waals surface area contributed by atoms with Crippen LogP contribution in [0.4, 0.5) is 0 Å². The number of pyridine rings is 1. The Morgan fingerprint density at radius 3 is 2.56 bits per heavy atom. The number of nitrogens with zero attached hydrogens (tertiary/aromatic N) is 3. The van der Waals surface area contributed by atoms with Gasteiger partial charge >= 0.3 is 5.97 Å². The minimum Gasteiger partial charge on any atom is -0.463 e. The number of carbonyl (C=O) groups is 1. The van der Waals surface area contributed by atoms with Gasteiger partial charge in [0.2, 0.25) is 5.88 Å². The molecule has 3 rings (SSSR count). The van der Waals surface area contributed by atoms with E-state index in [0.717, 1.165) is 17.7 Å². The third-order valence-electron chi connectivity index (χ3n) is 5.27. The molecule has 0 radical (unpaired) electrons. The van der Waals surface area contributed by atoms with Gasteiger partial charge in [-0.15, -0.1) is 0 Å². The number of benzene rings is 1. The number of ether oxygens (including phenoxy) is 2. The molecule has 0 fully saturated rings. The second kappa shape index (κ2) is 11.1. The monoisotopic (exact) mass is 494 g/mol. The van der Waals surface area contributed by atoms with Gasteiger partial charge in [0.1, 0.15) is 28.5 Å². The first-order valence-corrected chi connectivity index (χ1v) is 12.0. The van der Waals surface area contributed by atoms with Crippen LogP contribution < -0.4 is 5.73 Å². The van der Waals surface area contributed by atoms with Crippen LogP contribution in [-0.2, 0) is 20.7 Å². The molecule has 0 aliphatic carbocycles. The number of allylic oxidation sites excluding steroid dienone is 1. The molecule has 9 heteroatoms. The van der Waals surface area contributed by atoms with Crippen LogP contribution in [0.3, 0.4) is 0 Å². The highest BCUT2D eigenvalue weighted by molar-refractivity contribution is 7.99. The molecular weight excluding hydrogens is 472 g/mol. The molecular formula is C25H23ClN4O3S. The minimum atomic E-state index is -0.779. The van der Waals surface area contributed by atoms with Crippen LogP contribution in [0.25, 0.3) is 0 Å². The fraction of sp³-hybridized carbons (Fsp3) is 0.280. The Morgan fingerprint density at radius 2 is 1.97 bits per heavy atom. The topological polar surface area (TPSA) is 122 Å². The summed E-state index contributed by atoms with van der Waals surface area (Å²) in [6, 6.07) is 12.9. The molecule has 1 atom stereocenters. The van der Waals surface area contributed by atoms with Crippen LogP contribution in [0.15, 0.2) is 58.1 Å². The molecule has 0 bridgehead atoms. The lowest BCUT2D eigenvalue weighted by atomic mass is 9.83. The zero-order valence-corrected chi connectivity index (χ0v) is 20.6. The molecule has 1 aliphatic heterocycles. The first-order valence-electron chi connectivity index (χ1n) is 10.6. The van der Waals surface area contributed by atoms with E-state index in [9.17, 15) is 15.3 Å². The normalized spacial score (nSPS) is 15.4. The number of esters is 1. The maximum Gasteiger partial charge on any atom is 0.338 e.